The van der Waals surface area contributed by atoms with Crippen molar-refractivity contribution < 1.29 is 5.11 Å². The topological polar surface area (TPSA) is 69.5 Å². The Balaban J connectivity index is 1.56. The summed E-state index contributed by atoms with van der Waals surface area (Å²) < 4.78 is 1.88. The number of H-pyrrole nitrogens is 1. The van der Waals surface area contributed by atoms with Gasteiger partial charge < -0.3 is 10.1 Å². The number of nitrogens with zero attached hydrogens (tertiary/aromatic N) is 4. The van der Waals surface area contributed by atoms with Gasteiger partial charge in [0, 0.05) is 48.2 Å². The molecule has 3 aromatic heterocycles. The molecule has 32 heavy (non-hydrogen) atoms. The first-order valence-electron chi connectivity index (χ1n) is 11.5. The van der Waals surface area contributed by atoms with E-state index in [1.165, 1.54) is 38.9 Å². The molecule has 0 saturated carbocycles. The Morgan fingerprint density at radius 3 is 2.62 bits per heavy atom. The number of aromatic nitrogens is 4. The van der Waals surface area contributed by atoms with Crippen molar-refractivity contribution in [2.75, 3.05) is 19.6 Å². The fourth-order valence-electron chi connectivity index (χ4n) is 5.21. The number of pyridine rings is 1. The molecule has 1 fully saturated rings. The number of hydrogen-bond donors (Lipinski definition) is 2. The van der Waals surface area contributed by atoms with E-state index in [1.807, 2.05) is 18.4 Å². The molecule has 0 amide bonds. The fraction of sp³-hybridized carbons (Fsp3) is 0.462. The lowest BCUT2D eigenvalue weighted by atomic mass is 9.88. The standard InChI is InChI=1S/C26H33N5O/c1-15(2)23-20-9-18(19-10-30(11-19)13-26(5,6)32)7-8-22(20)29-24(23)21-12-31-25(27-14-28-31)17(4)16(21)3/h7-9,12,14-15,19,29,32H,10-11,13H2,1-6H3. The molecule has 168 valence electrons. The Kier molecular flexibility index (Phi) is 4.91. The summed E-state index contributed by atoms with van der Waals surface area (Å²) in [5.41, 5.74) is 8.96. The Labute approximate surface area is 189 Å². The Hall–Kier alpha value is -2.70. The third-order valence-corrected chi connectivity index (χ3v) is 6.87. The van der Waals surface area contributed by atoms with E-state index < -0.39 is 5.60 Å². The predicted molar refractivity (Wildman–Crippen MR) is 129 cm³/mol. The zero-order valence-electron chi connectivity index (χ0n) is 19.9. The second kappa shape index (κ2) is 7.42. The maximum atomic E-state index is 10.1. The van der Waals surface area contributed by atoms with Gasteiger partial charge in [-0.2, -0.15) is 5.10 Å². The lowest BCUT2D eigenvalue weighted by Gasteiger charge is -2.42. The van der Waals surface area contributed by atoms with Gasteiger partial charge in [-0.15, -0.1) is 0 Å². The average molecular weight is 432 g/mol. The molecule has 0 bridgehead atoms. The van der Waals surface area contributed by atoms with Crippen LogP contribution in [0.3, 0.4) is 0 Å². The number of rotatable bonds is 5. The summed E-state index contributed by atoms with van der Waals surface area (Å²) in [5.74, 6) is 0.906. The third kappa shape index (κ3) is 3.51. The summed E-state index contributed by atoms with van der Waals surface area (Å²) >= 11 is 0. The van der Waals surface area contributed by atoms with Crippen LogP contribution in [0.2, 0.25) is 0 Å². The smallest absolute Gasteiger partial charge is 0.158 e. The molecular weight excluding hydrogens is 398 g/mol. The van der Waals surface area contributed by atoms with Crippen LogP contribution in [0, 0.1) is 13.8 Å². The SMILES string of the molecule is Cc1c(-c2[nH]c3ccc(C4CN(CC(C)(C)O)C4)cc3c2C(C)C)cn2ncnc2c1C. The van der Waals surface area contributed by atoms with Gasteiger partial charge in [0.25, 0.3) is 0 Å². The average Bonchev–Trinajstić information content (AvgIpc) is 3.30. The molecule has 0 unspecified atom stereocenters. The molecule has 2 N–H and O–H groups in total. The van der Waals surface area contributed by atoms with Crippen LogP contribution < -0.4 is 0 Å². The number of aromatic amines is 1. The van der Waals surface area contributed by atoms with E-state index in [4.69, 9.17) is 0 Å². The molecule has 0 aliphatic carbocycles. The summed E-state index contributed by atoms with van der Waals surface area (Å²) in [4.78, 5) is 10.5. The third-order valence-electron chi connectivity index (χ3n) is 6.87. The lowest BCUT2D eigenvalue weighted by Crippen LogP contribution is -2.50. The highest BCUT2D eigenvalue weighted by Gasteiger charge is 2.32. The van der Waals surface area contributed by atoms with Crippen LogP contribution >= 0.6 is 0 Å². The summed E-state index contributed by atoms with van der Waals surface area (Å²) in [5, 5.41) is 15.8. The monoisotopic (exact) mass is 431 g/mol. The molecule has 6 nitrogen and oxygen atoms in total. The van der Waals surface area contributed by atoms with Gasteiger partial charge >= 0.3 is 0 Å². The summed E-state index contributed by atoms with van der Waals surface area (Å²) in [6.07, 6.45) is 3.72. The fourth-order valence-corrected chi connectivity index (χ4v) is 5.21. The van der Waals surface area contributed by atoms with Gasteiger partial charge in [0.05, 0.1) is 11.3 Å². The van der Waals surface area contributed by atoms with Gasteiger partial charge in [0.2, 0.25) is 0 Å². The van der Waals surface area contributed by atoms with Crippen LogP contribution in [0.4, 0.5) is 0 Å². The molecule has 4 heterocycles. The summed E-state index contributed by atoms with van der Waals surface area (Å²) in [6, 6.07) is 6.87. The van der Waals surface area contributed by atoms with E-state index in [0.29, 0.717) is 11.8 Å². The molecule has 1 aliphatic heterocycles. The number of fused-ring (bicyclic) bond motifs is 2. The van der Waals surface area contributed by atoms with Crippen molar-refractivity contribution in [1.29, 1.82) is 0 Å². The normalized spacial score (nSPS) is 15.9. The summed E-state index contributed by atoms with van der Waals surface area (Å²) in [7, 11) is 0. The highest BCUT2D eigenvalue weighted by Crippen LogP contribution is 2.39. The van der Waals surface area contributed by atoms with Crippen molar-refractivity contribution in [3.05, 3.63) is 53.0 Å². The highest BCUT2D eigenvalue weighted by molar-refractivity contribution is 5.92. The summed E-state index contributed by atoms with van der Waals surface area (Å²) in [6.45, 7) is 15.3. The first-order chi connectivity index (χ1) is 15.1. The number of aliphatic hydroxyl groups is 1. The van der Waals surface area contributed by atoms with E-state index >= 15 is 0 Å². The number of likely N-dealkylation sites (tertiary alicyclic amines) is 1. The van der Waals surface area contributed by atoms with Crippen molar-refractivity contribution >= 4 is 16.6 Å². The largest absolute Gasteiger partial charge is 0.389 e. The van der Waals surface area contributed by atoms with Crippen LogP contribution in [-0.2, 0) is 0 Å². The van der Waals surface area contributed by atoms with E-state index in [0.717, 1.165) is 30.8 Å². The van der Waals surface area contributed by atoms with Gasteiger partial charge in [0.15, 0.2) is 5.65 Å². The van der Waals surface area contributed by atoms with Crippen molar-refractivity contribution in [3.63, 3.8) is 0 Å². The minimum absolute atomic E-state index is 0.383. The molecule has 1 saturated heterocycles. The van der Waals surface area contributed by atoms with E-state index in [1.54, 1.807) is 6.33 Å². The minimum Gasteiger partial charge on any atom is -0.389 e. The van der Waals surface area contributed by atoms with Crippen molar-refractivity contribution in [3.8, 4) is 11.3 Å². The predicted octanol–water partition coefficient (Wildman–Crippen LogP) is 4.79. The molecule has 1 aliphatic rings. The Bertz CT molecular complexity index is 1300. The minimum atomic E-state index is -0.642. The Morgan fingerprint density at radius 1 is 1.19 bits per heavy atom. The number of aryl methyl sites for hydroxylation is 1. The van der Waals surface area contributed by atoms with E-state index in [9.17, 15) is 5.11 Å². The lowest BCUT2D eigenvalue weighted by molar-refractivity contribution is 0.00737. The molecule has 0 radical (unpaired) electrons. The number of nitrogens with one attached hydrogen (secondary N) is 1. The van der Waals surface area contributed by atoms with Gasteiger partial charge in [-0.05, 0) is 68.0 Å². The van der Waals surface area contributed by atoms with Crippen LogP contribution in [-0.4, -0.2) is 54.8 Å². The van der Waals surface area contributed by atoms with Gasteiger partial charge in [-0.3, -0.25) is 4.90 Å². The number of β-amino-alcohol motifs (C(OH)–C–C–N with tert-alkyl or cyclic N) is 1. The Morgan fingerprint density at radius 2 is 1.94 bits per heavy atom. The van der Waals surface area contributed by atoms with Gasteiger partial charge in [-0.1, -0.05) is 19.9 Å². The van der Waals surface area contributed by atoms with Gasteiger partial charge in [-0.25, -0.2) is 9.50 Å². The number of benzene rings is 1. The molecule has 1 aromatic carbocycles. The van der Waals surface area contributed by atoms with Crippen LogP contribution in [0.5, 0.6) is 0 Å². The van der Waals surface area contributed by atoms with E-state index in [2.05, 4.69) is 72.1 Å². The van der Waals surface area contributed by atoms with Crippen molar-refractivity contribution in [2.24, 2.45) is 0 Å². The zero-order valence-corrected chi connectivity index (χ0v) is 19.9. The molecule has 5 rings (SSSR count). The van der Waals surface area contributed by atoms with Crippen molar-refractivity contribution in [2.45, 2.75) is 59.0 Å². The zero-order chi connectivity index (χ0) is 22.8. The molecule has 0 spiro atoms. The van der Waals surface area contributed by atoms with Crippen LogP contribution in [0.25, 0.3) is 27.8 Å². The van der Waals surface area contributed by atoms with Gasteiger partial charge in [0.1, 0.15) is 6.33 Å². The molecule has 4 aromatic rings. The molecule has 6 heteroatoms. The van der Waals surface area contributed by atoms with Crippen LogP contribution in [0.1, 0.15) is 61.8 Å². The molecular formula is C26H33N5O. The first kappa shape index (κ1) is 21.2. The quantitative estimate of drug-likeness (QED) is 0.477. The first-order valence-corrected chi connectivity index (χ1v) is 11.5. The maximum absolute atomic E-state index is 10.1. The second-order valence-corrected chi connectivity index (χ2v) is 10.4. The maximum Gasteiger partial charge on any atom is 0.158 e. The molecule has 0 atom stereocenters. The van der Waals surface area contributed by atoms with E-state index in [-0.39, 0.29) is 0 Å². The second-order valence-electron chi connectivity index (χ2n) is 10.4. The number of hydrogen-bond acceptors (Lipinski definition) is 4. The highest BCUT2D eigenvalue weighted by atomic mass is 16.3. The van der Waals surface area contributed by atoms with Crippen LogP contribution in [0.15, 0.2) is 30.7 Å². The van der Waals surface area contributed by atoms with Crippen molar-refractivity contribution in [1.82, 2.24) is 24.5 Å².